The molecule has 1 saturated heterocycles. The molecule has 2 rings (SSSR count). The van der Waals surface area contributed by atoms with E-state index in [2.05, 4.69) is 32.0 Å². The summed E-state index contributed by atoms with van der Waals surface area (Å²) in [6, 6.07) is 0. The van der Waals surface area contributed by atoms with Crippen LogP contribution in [0.1, 0.15) is 32.6 Å². The lowest BCUT2D eigenvalue weighted by atomic mass is 9.93. The van der Waals surface area contributed by atoms with Crippen molar-refractivity contribution in [3.63, 3.8) is 0 Å². The first-order chi connectivity index (χ1) is 11.7. The van der Waals surface area contributed by atoms with Gasteiger partial charge in [0.1, 0.15) is 0 Å². The number of aromatic nitrogens is 2. The summed E-state index contributed by atoms with van der Waals surface area (Å²) in [6.07, 6.45) is 9.36. The number of imidazole rings is 1. The normalized spacial score (nSPS) is 16.2. The molecule has 134 valence electrons. The van der Waals surface area contributed by atoms with Crippen LogP contribution in [0.5, 0.6) is 0 Å². The molecule has 0 aliphatic carbocycles. The first kappa shape index (κ1) is 18.3. The molecule has 0 atom stereocenters. The van der Waals surface area contributed by atoms with E-state index in [1.807, 2.05) is 12.5 Å². The van der Waals surface area contributed by atoms with Crippen molar-refractivity contribution in [1.82, 2.24) is 25.1 Å². The molecule has 0 aromatic carbocycles. The predicted octanol–water partition coefficient (Wildman–Crippen LogP) is 1.09. The second-order valence-corrected chi connectivity index (χ2v) is 6.20. The average molecular weight is 334 g/mol. The van der Waals surface area contributed by atoms with Crippen LogP contribution in [0.4, 0.5) is 0 Å². The lowest BCUT2D eigenvalue weighted by Crippen LogP contribution is -2.46. The van der Waals surface area contributed by atoms with Crippen LogP contribution in [0.3, 0.4) is 0 Å². The molecule has 0 saturated carbocycles. The topological polar surface area (TPSA) is 74.5 Å². The van der Waals surface area contributed by atoms with Crippen LogP contribution in [0.15, 0.2) is 23.7 Å². The molecule has 1 aromatic heterocycles. The van der Waals surface area contributed by atoms with Gasteiger partial charge in [0.2, 0.25) is 5.91 Å². The molecule has 7 nitrogen and oxygen atoms in total. The van der Waals surface area contributed by atoms with Gasteiger partial charge in [0.15, 0.2) is 5.96 Å². The minimum absolute atomic E-state index is 0.147. The Kier molecular flexibility index (Phi) is 7.58. The number of hydrogen-bond donors (Lipinski definition) is 2. The molecule has 0 spiro atoms. The fourth-order valence-electron chi connectivity index (χ4n) is 3.00. The van der Waals surface area contributed by atoms with Crippen LogP contribution in [0.2, 0.25) is 0 Å². The summed E-state index contributed by atoms with van der Waals surface area (Å²) in [5, 5.41) is 6.11. The van der Waals surface area contributed by atoms with Gasteiger partial charge in [0.05, 0.1) is 6.33 Å². The Hall–Kier alpha value is -2.05. The summed E-state index contributed by atoms with van der Waals surface area (Å²) >= 11 is 0. The first-order valence-corrected chi connectivity index (χ1v) is 8.92. The van der Waals surface area contributed by atoms with E-state index in [1.165, 1.54) is 0 Å². The summed E-state index contributed by atoms with van der Waals surface area (Å²) in [7, 11) is 1.71. The molecular formula is C17H30N6O. The lowest BCUT2D eigenvalue weighted by molar-refractivity contribution is -0.121. The maximum atomic E-state index is 11.5. The van der Waals surface area contributed by atoms with Crippen molar-refractivity contribution >= 4 is 11.9 Å². The Morgan fingerprint density at radius 3 is 2.79 bits per heavy atom. The van der Waals surface area contributed by atoms with Gasteiger partial charge in [-0.25, -0.2) is 4.98 Å². The number of nitrogens with one attached hydrogen (secondary N) is 2. The van der Waals surface area contributed by atoms with Gasteiger partial charge in [-0.2, -0.15) is 0 Å². The largest absolute Gasteiger partial charge is 0.359 e. The molecular weight excluding hydrogens is 304 g/mol. The number of rotatable bonds is 7. The molecule has 24 heavy (non-hydrogen) atoms. The van der Waals surface area contributed by atoms with Crippen LogP contribution >= 0.6 is 0 Å². The Morgan fingerprint density at radius 1 is 1.38 bits per heavy atom. The van der Waals surface area contributed by atoms with Crippen molar-refractivity contribution in [2.24, 2.45) is 10.9 Å². The van der Waals surface area contributed by atoms with E-state index in [0.29, 0.717) is 12.3 Å². The van der Waals surface area contributed by atoms with Crippen LogP contribution in [0.25, 0.3) is 0 Å². The second kappa shape index (κ2) is 9.95. The number of guanidine groups is 1. The maximum absolute atomic E-state index is 11.5. The van der Waals surface area contributed by atoms with E-state index < -0.39 is 0 Å². The molecule has 0 bridgehead atoms. The van der Waals surface area contributed by atoms with Crippen LogP contribution in [-0.2, 0) is 11.3 Å². The van der Waals surface area contributed by atoms with Crippen molar-refractivity contribution < 1.29 is 4.79 Å². The van der Waals surface area contributed by atoms with Gasteiger partial charge in [-0.05, 0) is 32.1 Å². The predicted molar refractivity (Wildman–Crippen MR) is 95.8 cm³/mol. The number of likely N-dealkylation sites (tertiary alicyclic amines) is 1. The zero-order valence-electron chi connectivity index (χ0n) is 14.9. The van der Waals surface area contributed by atoms with Gasteiger partial charge in [0, 0.05) is 58.6 Å². The Balaban J connectivity index is 1.77. The smallest absolute Gasteiger partial charge is 0.220 e. The number of nitrogens with zero attached hydrogens (tertiary/aromatic N) is 4. The number of hydrogen-bond acceptors (Lipinski definition) is 3. The highest BCUT2D eigenvalue weighted by Gasteiger charge is 2.22. The highest BCUT2D eigenvalue weighted by molar-refractivity contribution is 5.80. The van der Waals surface area contributed by atoms with Gasteiger partial charge < -0.3 is 20.1 Å². The summed E-state index contributed by atoms with van der Waals surface area (Å²) in [5.41, 5.74) is 0. The monoisotopic (exact) mass is 334 g/mol. The average Bonchev–Trinajstić information content (AvgIpc) is 3.12. The Morgan fingerprint density at radius 2 is 2.17 bits per heavy atom. The van der Waals surface area contributed by atoms with Gasteiger partial charge in [0.25, 0.3) is 0 Å². The molecule has 2 N–H and O–H groups in total. The first-order valence-electron chi connectivity index (χ1n) is 8.92. The van der Waals surface area contributed by atoms with E-state index in [-0.39, 0.29) is 5.91 Å². The maximum Gasteiger partial charge on any atom is 0.220 e. The fourth-order valence-corrected chi connectivity index (χ4v) is 3.00. The number of carbonyl (C=O) groups excluding carboxylic acids is 1. The van der Waals surface area contributed by atoms with Gasteiger partial charge in [-0.1, -0.05) is 0 Å². The van der Waals surface area contributed by atoms with Crippen LogP contribution in [-0.4, -0.2) is 59.5 Å². The number of amides is 1. The number of aliphatic imine (C=N–C) groups is 1. The minimum Gasteiger partial charge on any atom is -0.359 e. The molecule has 1 fully saturated rings. The van der Waals surface area contributed by atoms with E-state index in [9.17, 15) is 4.79 Å². The Bertz CT molecular complexity index is 505. The van der Waals surface area contributed by atoms with Crippen molar-refractivity contribution in [3.05, 3.63) is 18.7 Å². The number of carbonyl (C=O) groups is 1. The van der Waals surface area contributed by atoms with E-state index >= 15 is 0 Å². The fraction of sp³-hybridized carbons (Fsp3) is 0.706. The number of piperidine rings is 1. The van der Waals surface area contributed by atoms with Crippen LogP contribution < -0.4 is 10.6 Å². The third-order valence-corrected chi connectivity index (χ3v) is 4.40. The van der Waals surface area contributed by atoms with Crippen molar-refractivity contribution in [1.29, 1.82) is 0 Å². The van der Waals surface area contributed by atoms with Gasteiger partial charge >= 0.3 is 0 Å². The zero-order chi connectivity index (χ0) is 17.2. The molecule has 1 amide bonds. The SMILES string of the molecule is CCNC(=NCCCn1ccnc1)N1CCC(CC(=O)NC)CC1. The van der Waals surface area contributed by atoms with Crippen molar-refractivity contribution in [2.75, 3.05) is 33.2 Å². The van der Waals surface area contributed by atoms with Gasteiger partial charge in [-0.3, -0.25) is 9.79 Å². The summed E-state index contributed by atoms with van der Waals surface area (Å²) < 4.78 is 2.08. The highest BCUT2D eigenvalue weighted by Crippen LogP contribution is 2.20. The number of aryl methyl sites for hydroxylation is 1. The van der Waals surface area contributed by atoms with Crippen molar-refractivity contribution in [2.45, 2.75) is 39.2 Å². The molecule has 0 radical (unpaired) electrons. The van der Waals surface area contributed by atoms with Crippen LogP contribution in [0, 0.1) is 5.92 Å². The standard InChI is InChI=1S/C17H30N6O/c1-3-20-17(21-7-4-9-22-12-8-19-14-22)23-10-5-15(6-11-23)13-16(24)18-2/h8,12,14-15H,3-7,9-11,13H2,1-2H3,(H,18,24)(H,20,21). The van der Waals surface area contributed by atoms with E-state index in [4.69, 9.17) is 4.99 Å². The molecule has 2 heterocycles. The third-order valence-electron chi connectivity index (χ3n) is 4.40. The summed E-state index contributed by atoms with van der Waals surface area (Å²) in [5.74, 6) is 1.64. The molecule has 1 aliphatic heterocycles. The highest BCUT2D eigenvalue weighted by atomic mass is 16.1. The lowest BCUT2D eigenvalue weighted by Gasteiger charge is -2.34. The van der Waals surface area contributed by atoms with Gasteiger partial charge in [-0.15, -0.1) is 0 Å². The summed E-state index contributed by atoms with van der Waals surface area (Å²) in [6.45, 7) is 6.65. The summed E-state index contributed by atoms with van der Waals surface area (Å²) in [4.78, 5) is 22.6. The van der Waals surface area contributed by atoms with E-state index in [0.717, 1.165) is 57.9 Å². The second-order valence-electron chi connectivity index (χ2n) is 6.20. The minimum atomic E-state index is 0.147. The molecule has 0 unspecified atom stereocenters. The quantitative estimate of drug-likeness (QED) is 0.445. The Labute approximate surface area is 144 Å². The zero-order valence-corrected chi connectivity index (χ0v) is 14.9. The molecule has 1 aromatic rings. The third kappa shape index (κ3) is 5.86. The van der Waals surface area contributed by atoms with E-state index in [1.54, 1.807) is 13.2 Å². The molecule has 7 heteroatoms. The molecule has 1 aliphatic rings. The van der Waals surface area contributed by atoms with Crippen molar-refractivity contribution in [3.8, 4) is 0 Å².